The quantitative estimate of drug-likeness (QED) is 0.644. The van der Waals surface area contributed by atoms with Crippen molar-refractivity contribution < 1.29 is 17.9 Å². The molecular weight excluding hydrogens is 329 g/mol. The number of para-hydroxylation sites is 1. The lowest BCUT2D eigenvalue weighted by molar-refractivity contribution is -0.274. The summed E-state index contributed by atoms with van der Waals surface area (Å²) in [4.78, 5) is 8.58. The third-order valence-electron chi connectivity index (χ3n) is 3.65. The number of hydrogen-bond acceptors (Lipinski definition) is 3. The summed E-state index contributed by atoms with van der Waals surface area (Å²) in [7, 11) is 0. The third-order valence-corrected chi connectivity index (χ3v) is 3.65. The summed E-state index contributed by atoms with van der Waals surface area (Å²) >= 11 is 0. The zero-order chi connectivity index (χ0) is 18.0. The SMILES string of the molecule is Cc1ncc(C)c(-c2cccc(-c3ccccc3OC(F)(F)F)c2)n1. The Hall–Kier alpha value is -2.89. The summed E-state index contributed by atoms with van der Waals surface area (Å²) in [5.41, 5.74) is 3.44. The Bertz CT molecular complexity index is 907. The minimum Gasteiger partial charge on any atom is -0.405 e. The predicted octanol–water partition coefficient (Wildman–Crippen LogP) is 5.33. The second-order valence-electron chi connectivity index (χ2n) is 5.57. The highest BCUT2D eigenvalue weighted by Gasteiger charge is 2.32. The van der Waals surface area contributed by atoms with Gasteiger partial charge in [-0.2, -0.15) is 0 Å². The first-order valence-corrected chi connectivity index (χ1v) is 7.59. The zero-order valence-electron chi connectivity index (χ0n) is 13.6. The van der Waals surface area contributed by atoms with Crippen molar-refractivity contribution >= 4 is 0 Å². The number of alkyl halides is 3. The monoisotopic (exact) mass is 344 g/mol. The van der Waals surface area contributed by atoms with Gasteiger partial charge in [0.25, 0.3) is 0 Å². The van der Waals surface area contributed by atoms with E-state index in [1.807, 2.05) is 13.0 Å². The molecule has 0 bridgehead atoms. The maximum atomic E-state index is 12.6. The van der Waals surface area contributed by atoms with Gasteiger partial charge in [-0.05, 0) is 37.1 Å². The zero-order valence-corrected chi connectivity index (χ0v) is 13.6. The van der Waals surface area contributed by atoms with E-state index >= 15 is 0 Å². The smallest absolute Gasteiger partial charge is 0.405 e. The molecule has 3 rings (SSSR count). The number of halogens is 3. The van der Waals surface area contributed by atoms with Gasteiger partial charge in [0.2, 0.25) is 0 Å². The number of aromatic nitrogens is 2. The molecule has 0 aliphatic rings. The molecule has 25 heavy (non-hydrogen) atoms. The Balaban J connectivity index is 2.08. The Morgan fingerprint density at radius 3 is 2.40 bits per heavy atom. The van der Waals surface area contributed by atoms with E-state index in [1.54, 1.807) is 43.5 Å². The molecule has 0 saturated heterocycles. The molecule has 0 saturated carbocycles. The van der Waals surface area contributed by atoms with Gasteiger partial charge in [-0.25, -0.2) is 9.97 Å². The summed E-state index contributed by atoms with van der Waals surface area (Å²) in [5, 5.41) is 0. The fraction of sp³-hybridized carbons (Fsp3) is 0.158. The van der Waals surface area contributed by atoms with Crippen molar-refractivity contribution in [3.05, 3.63) is 66.1 Å². The maximum Gasteiger partial charge on any atom is 0.573 e. The molecule has 0 fully saturated rings. The minimum atomic E-state index is -4.74. The van der Waals surface area contributed by atoms with E-state index in [0.29, 0.717) is 17.0 Å². The molecular formula is C19H15F3N2O. The maximum absolute atomic E-state index is 12.6. The summed E-state index contributed by atoms with van der Waals surface area (Å²) in [5.74, 6) is 0.398. The van der Waals surface area contributed by atoms with Gasteiger partial charge >= 0.3 is 6.36 Å². The van der Waals surface area contributed by atoms with Crippen molar-refractivity contribution in [1.29, 1.82) is 0 Å². The summed E-state index contributed by atoms with van der Waals surface area (Å²) in [6.45, 7) is 3.68. The van der Waals surface area contributed by atoms with Crippen LogP contribution in [0.2, 0.25) is 0 Å². The number of hydrogen-bond donors (Lipinski definition) is 0. The Morgan fingerprint density at radius 1 is 0.920 bits per heavy atom. The Morgan fingerprint density at radius 2 is 1.64 bits per heavy atom. The molecule has 2 aromatic carbocycles. The molecule has 1 aromatic heterocycles. The van der Waals surface area contributed by atoms with Crippen LogP contribution in [0.25, 0.3) is 22.4 Å². The highest BCUT2D eigenvalue weighted by atomic mass is 19.4. The lowest BCUT2D eigenvalue weighted by Crippen LogP contribution is -2.17. The predicted molar refractivity (Wildman–Crippen MR) is 89.1 cm³/mol. The molecule has 0 aliphatic heterocycles. The minimum absolute atomic E-state index is 0.234. The standard InChI is InChI=1S/C19H15F3N2O/c1-12-11-23-13(2)24-18(12)15-7-5-6-14(10-15)16-8-3-4-9-17(16)25-19(20,21)22/h3-11H,1-2H3. The van der Waals surface area contributed by atoms with Crippen molar-refractivity contribution in [2.75, 3.05) is 0 Å². The van der Waals surface area contributed by atoms with Crippen LogP contribution >= 0.6 is 0 Å². The molecule has 3 nitrogen and oxygen atoms in total. The van der Waals surface area contributed by atoms with E-state index in [1.165, 1.54) is 12.1 Å². The van der Waals surface area contributed by atoms with E-state index < -0.39 is 6.36 Å². The molecule has 128 valence electrons. The van der Waals surface area contributed by atoms with Crippen LogP contribution < -0.4 is 4.74 Å². The van der Waals surface area contributed by atoms with Crippen LogP contribution in [0.1, 0.15) is 11.4 Å². The topological polar surface area (TPSA) is 35.0 Å². The molecule has 0 amide bonds. The number of rotatable bonds is 3. The Kier molecular flexibility index (Phi) is 4.44. The summed E-state index contributed by atoms with van der Waals surface area (Å²) < 4.78 is 42.1. The van der Waals surface area contributed by atoms with Crippen LogP contribution in [-0.2, 0) is 0 Å². The molecule has 6 heteroatoms. The van der Waals surface area contributed by atoms with Crippen LogP contribution in [0, 0.1) is 13.8 Å². The van der Waals surface area contributed by atoms with Gasteiger partial charge in [-0.1, -0.05) is 36.4 Å². The molecule has 0 spiro atoms. The van der Waals surface area contributed by atoms with Gasteiger partial charge in [-0.15, -0.1) is 13.2 Å². The lowest BCUT2D eigenvalue weighted by Gasteiger charge is -2.14. The Labute approximate surface area is 143 Å². The lowest BCUT2D eigenvalue weighted by atomic mass is 9.99. The molecule has 1 heterocycles. The average molecular weight is 344 g/mol. The first-order valence-electron chi connectivity index (χ1n) is 7.59. The van der Waals surface area contributed by atoms with Gasteiger partial charge in [0.15, 0.2) is 0 Å². The van der Waals surface area contributed by atoms with E-state index in [4.69, 9.17) is 0 Å². The normalized spacial score (nSPS) is 11.4. The number of aryl methyl sites for hydroxylation is 2. The van der Waals surface area contributed by atoms with Gasteiger partial charge in [0.05, 0.1) is 5.69 Å². The first-order chi connectivity index (χ1) is 11.8. The van der Waals surface area contributed by atoms with E-state index in [-0.39, 0.29) is 5.75 Å². The van der Waals surface area contributed by atoms with Crippen molar-refractivity contribution in [2.24, 2.45) is 0 Å². The summed E-state index contributed by atoms with van der Waals surface area (Å²) in [6.07, 6.45) is -3.01. The fourth-order valence-electron chi connectivity index (χ4n) is 2.58. The molecule has 0 radical (unpaired) electrons. The van der Waals surface area contributed by atoms with E-state index in [2.05, 4.69) is 14.7 Å². The highest BCUT2D eigenvalue weighted by Crippen LogP contribution is 2.35. The van der Waals surface area contributed by atoms with Crippen LogP contribution in [0.3, 0.4) is 0 Å². The largest absolute Gasteiger partial charge is 0.573 e. The second kappa shape index (κ2) is 6.55. The average Bonchev–Trinajstić information content (AvgIpc) is 2.56. The number of ether oxygens (including phenoxy) is 1. The summed E-state index contributed by atoms with van der Waals surface area (Å²) in [6, 6.07) is 13.3. The molecule has 0 unspecified atom stereocenters. The van der Waals surface area contributed by atoms with Gasteiger partial charge in [0, 0.05) is 17.3 Å². The first kappa shape index (κ1) is 17.0. The van der Waals surface area contributed by atoms with Gasteiger partial charge < -0.3 is 4.74 Å². The number of nitrogens with zero attached hydrogens (tertiary/aromatic N) is 2. The van der Waals surface area contributed by atoms with Crippen LogP contribution in [0.15, 0.2) is 54.7 Å². The molecule has 0 N–H and O–H groups in total. The molecule has 0 atom stereocenters. The van der Waals surface area contributed by atoms with Crippen molar-refractivity contribution in [3.8, 4) is 28.1 Å². The van der Waals surface area contributed by atoms with Gasteiger partial charge in [-0.3, -0.25) is 0 Å². The van der Waals surface area contributed by atoms with Crippen LogP contribution in [-0.4, -0.2) is 16.3 Å². The van der Waals surface area contributed by atoms with Crippen molar-refractivity contribution in [2.45, 2.75) is 20.2 Å². The number of benzene rings is 2. The molecule has 3 aromatic rings. The highest BCUT2D eigenvalue weighted by molar-refractivity contribution is 5.76. The van der Waals surface area contributed by atoms with Crippen molar-refractivity contribution in [1.82, 2.24) is 9.97 Å². The second-order valence-corrected chi connectivity index (χ2v) is 5.57. The third kappa shape index (κ3) is 3.96. The molecule has 0 aliphatic carbocycles. The van der Waals surface area contributed by atoms with Crippen LogP contribution in [0.4, 0.5) is 13.2 Å². The van der Waals surface area contributed by atoms with Crippen molar-refractivity contribution in [3.63, 3.8) is 0 Å². The van der Waals surface area contributed by atoms with Crippen LogP contribution in [0.5, 0.6) is 5.75 Å². The van der Waals surface area contributed by atoms with E-state index in [0.717, 1.165) is 16.8 Å². The van der Waals surface area contributed by atoms with Gasteiger partial charge in [0.1, 0.15) is 11.6 Å². The fourth-order valence-corrected chi connectivity index (χ4v) is 2.58. The van der Waals surface area contributed by atoms with E-state index in [9.17, 15) is 13.2 Å².